The van der Waals surface area contributed by atoms with Crippen LogP contribution in [0.5, 0.6) is 0 Å². The molecule has 8 nitrogen and oxygen atoms in total. The van der Waals surface area contributed by atoms with E-state index in [1.54, 1.807) is 0 Å². The molecule has 0 saturated heterocycles. The minimum absolute atomic E-state index is 0.880. The van der Waals surface area contributed by atoms with E-state index in [2.05, 4.69) is 396 Å². The number of rotatable bonds is 17. The van der Waals surface area contributed by atoms with E-state index in [9.17, 15) is 0 Å². The van der Waals surface area contributed by atoms with Crippen molar-refractivity contribution in [3.63, 3.8) is 0 Å². The van der Waals surface area contributed by atoms with Gasteiger partial charge in [0.1, 0.15) is 44.7 Å². The van der Waals surface area contributed by atoms with Crippen molar-refractivity contribution in [1.29, 1.82) is 0 Å². The average molecular weight is 1490 g/mol. The fourth-order valence-corrected chi connectivity index (χ4v) is 17.0. The van der Waals surface area contributed by atoms with Crippen molar-refractivity contribution in [2.75, 3.05) is 19.6 Å². The Bertz CT molecular complexity index is 6950. The predicted molar refractivity (Wildman–Crippen MR) is 481 cm³/mol. The molecule has 0 N–H and O–H groups in total. The summed E-state index contributed by atoms with van der Waals surface area (Å²) < 4.78 is 25.5. The smallest absolute Gasteiger partial charge is 0.143 e. The van der Waals surface area contributed by atoms with Crippen molar-refractivity contribution in [1.82, 2.24) is 0 Å². The lowest BCUT2D eigenvalue weighted by atomic mass is 10.0. The van der Waals surface area contributed by atoms with Crippen molar-refractivity contribution in [2.45, 2.75) is 0 Å². The highest BCUT2D eigenvalue weighted by Gasteiger charge is 2.23. The summed E-state index contributed by atoms with van der Waals surface area (Å²) in [5.41, 5.74) is 30.4. The second-order valence-corrected chi connectivity index (χ2v) is 29.5. The molecule has 0 saturated carbocycles. The molecule has 4 aromatic heterocycles. The third-order valence-corrected chi connectivity index (χ3v) is 22.7. The third kappa shape index (κ3) is 12.0. The maximum absolute atomic E-state index is 6.54. The first-order chi connectivity index (χ1) is 57.5. The topological polar surface area (TPSA) is 65.5 Å². The number of fused-ring (bicyclic) bond motifs is 12. The first kappa shape index (κ1) is 67.3. The fraction of sp³-hybridized carbons (Fsp3) is 0. The first-order valence-corrected chi connectivity index (χ1v) is 39.2. The Hall–Kier alpha value is -15.6. The summed E-state index contributed by atoms with van der Waals surface area (Å²) in [6.07, 6.45) is 0. The molecule has 0 spiro atoms. The van der Waals surface area contributed by atoms with Crippen LogP contribution in [0.4, 0.5) is 68.2 Å². The van der Waals surface area contributed by atoms with Crippen LogP contribution in [-0.2, 0) is 0 Å². The molecule has 22 rings (SSSR count). The van der Waals surface area contributed by atoms with Gasteiger partial charge in [-0.15, -0.1) is 0 Å². The van der Waals surface area contributed by atoms with Crippen molar-refractivity contribution in [3.05, 3.63) is 425 Å². The minimum Gasteiger partial charge on any atom is -0.456 e. The molecular weight excluding hydrogens is 1420 g/mol. The van der Waals surface area contributed by atoms with Gasteiger partial charge in [-0.05, 0) is 239 Å². The average Bonchev–Trinajstić information content (AvgIpc) is 1.37. The van der Waals surface area contributed by atoms with Crippen molar-refractivity contribution < 1.29 is 17.7 Å². The summed E-state index contributed by atoms with van der Waals surface area (Å²) in [6, 6.07) is 151. The lowest BCUT2D eigenvalue weighted by Crippen LogP contribution is -2.12. The lowest BCUT2D eigenvalue weighted by Gasteiger charge is -2.29. The molecule has 18 aromatic carbocycles. The van der Waals surface area contributed by atoms with Gasteiger partial charge in [0, 0.05) is 122 Å². The number of hydrogen-bond acceptors (Lipinski definition) is 8. The van der Waals surface area contributed by atoms with E-state index in [0.29, 0.717) is 0 Å². The Morgan fingerprint density at radius 1 is 0.129 bits per heavy atom. The molecule has 0 bridgehead atoms. The largest absolute Gasteiger partial charge is 0.456 e. The SMILES string of the molecule is c1ccc(N(c2ccc(-c3ccc(N(c4ccccc4)c4ccc(N(c5ccc(-c6ccc7oc8ccccc8c7c6)cc5)c5ccc(-c6cccc7c6oc6ccccc67)cc5)cc4)cc3)cc2)c2ccc(N(c3ccc(-c4ccc5oc6ccccc6c5c4)cc3)c3ccc(-c4cccc5c4oc4ccccc45)cc3)cc2)cc1. The Labute approximate surface area is 669 Å². The van der Waals surface area contributed by atoms with Gasteiger partial charge in [-0.1, -0.05) is 231 Å². The van der Waals surface area contributed by atoms with Gasteiger partial charge < -0.3 is 37.3 Å². The lowest BCUT2D eigenvalue weighted by molar-refractivity contribution is 0.668. The molecule has 8 heteroatoms. The highest BCUT2D eigenvalue weighted by atomic mass is 16.3. The van der Waals surface area contributed by atoms with E-state index in [1.165, 1.54) is 0 Å². The summed E-state index contributed by atoms with van der Waals surface area (Å²) >= 11 is 0. The highest BCUT2D eigenvalue weighted by Crippen LogP contribution is 2.47. The van der Waals surface area contributed by atoms with Gasteiger partial charge in [-0.2, -0.15) is 0 Å². The maximum Gasteiger partial charge on any atom is 0.143 e. The van der Waals surface area contributed by atoms with Gasteiger partial charge in [0.15, 0.2) is 0 Å². The minimum atomic E-state index is 0.880. The molecule has 0 atom stereocenters. The number of anilines is 12. The van der Waals surface area contributed by atoms with Gasteiger partial charge in [0.25, 0.3) is 0 Å². The Morgan fingerprint density at radius 3 is 0.638 bits per heavy atom. The number of nitrogens with zero attached hydrogens (tertiary/aromatic N) is 4. The van der Waals surface area contributed by atoms with Gasteiger partial charge >= 0.3 is 0 Å². The summed E-state index contributed by atoms with van der Waals surface area (Å²) in [5, 5.41) is 8.87. The second kappa shape index (κ2) is 28.3. The predicted octanol–water partition coefficient (Wildman–Crippen LogP) is 31.5. The first-order valence-electron chi connectivity index (χ1n) is 39.2. The quantitative estimate of drug-likeness (QED) is 0.0894. The van der Waals surface area contributed by atoms with Crippen LogP contribution >= 0.6 is 0 Å². The van der Waals surface area contributed by atoms with Crippen LogP contribution in [0.2, 0.25) is 0 Å². The molecule has 22 aromatic rings. The van der Waals surface area contributed by atoms with Crippen molar-refractivity contribution >= 4 is 156 Å². The number of hydrogen-bond donors (Lipinski definition) is 0. The second-order valence-electron chi connectivity index (χ2n) is 29.5. The molecule has 0 radical (unpaired) electrons. The summed E-state index contributed by atoms with van der Waals surface area (Å²) in [7, 11) is 0. The standard InChI is InChI=1S/C108H70N4O4/c1-3-17-79(18-4-1)109(87-59-63-89(64-60-87)111(83-51-37-73(38-52-83)77-45-67-105-99(69-77)95-23-9-11-29-101(95)113-105)85-55-41-75(42-56-85)91-25-15-27-97-93-21-7-13-31-103(93)115-107(91)97)81-47-33-71(34-48-81)72-35-49-82(50-36-72)110(80-19-5-2-6-20-80)88-61-65-90(66-62-88)112(84-53-39-74(40-54-84)78-46-68-106-100(70-78)96-24-10-12-30-102(96)114-106)86-57-43-76(44-58-86)92-26-16-28-98-94-22-8-14-32-104(94)116-108(92)98/h1-70H. The van der Waals surface area contributed by atoms with Crippen molar-refractivity contribution in [3.8, 4) is 55.6 Å². The normalized spacial score (nSPS) is 11.6. The zero-order valence-corrected chi connectivity index (χ0v) is 62.8. The molecule has 0 amide bonds. The highest BCUT2D eigenvalue weighted by molar-refractivity contribution is 6.12. The maximum atomic E-state index is 6.54. The van der Waals surface area contributed by atoms with Gasteiger partial charge in [-0.25, -0.2) is 0 Å². The van der Waals surface area contributed by atoms with E-state index >= 15 is 0 Å². The Kier molecular flexibility index (Phi) is 16.4. The zero-order valence-electron chi connectivity index (χ0n) is 62.8. The van der Waals surface area contributed by atoms with Crippen LogP contribution in [0.3, 0.4) is 0 Å². The Morgan fingerprint density at radius 2 is 0.336 bits per heavy atom. The molecular formula is C108H70N4O4. The van der Waals surface area contributed by atoms with Crippen LogP contribution in [0.15, 0.2) is 442 Å². The van der Waals surface area contributed by atoms with Crippen LogP contribution in [0.25, 0.3) is 143 Å². The molecule has 0 unspecified atom stereocenters. The summed E-state index contributed by atoms with van der Waals surface area (Å²) in [4.78, 5) is 9.33. The molecule has 116 heavy (non-hydrogen) atoms. The van der Waals surface area contributed by atoms with Gasteiger partial charge in [-0.3, -0.25) is 0 Å². The molecule has 0 aliphatic rings. The third-order valence-electron chi connectivity index (χ3n) is 22.7. The number of benzene rings is 18. The van der Waals surface area contributed by atoms with Crippen LogP contribution in [0.1, 0.15) is 0 Å². The van der Waals surface area contributed by atoms with Crippen molar-refractivity contribution in [2.24, 2.45) is 0 Å². The molecule has 4 heterocycles. The van der Waals surface area contributed by atoms with E-state index in [4.69, 9.17) is 17.7 Å². The van der Waals surface area contributed by atoms with E-state index in [1.807, 2.05) is 48.5 Å². The van der Waals surface area contributed by atoms with Gasteiger partial charge in [0.2, 0.25) is 0 Å². The fourth-order valence-electron chi connectivity index (χ4n) is 17.0. The molecule has 0 fully saturated rings. The van der Waals surface area contributed by atoms with E-state index in [-0.39, 0.29) is 0 Å². The zero-order chi connectivity index (χ0) is 76.6. The summed E-state index contributed by atoms with van der Waals surface area (Å²) in [6.45, 7) is 0. The van der Waals surface area contributed by atoms with Crippen LogP contribution in [0, 0.1) is 0 Å². The van der Waals surface area contributed by atoms with Gasteiger partial charge in [0.05, 0.1) is 0 Å². The molecule has 0 aliphatic carbocycles. The van der Waals surface area contributed by atoms with Crippen LogP contribution < -0.4 is 19.6 Å². The molecule has 0 aliphatic heterocycles. The number of furan rings is 4. The molecule has 546 valence electrons. The summed E-state index contributed by atoms with van der Waals surface area (Å²) in [5.74, 6) is 0. The van der Waals surface area contributed by atoms with E-state index in [0.717, 1.165) is 212 Å². The monoisotopic (exact) mass is 1490 g/mol. The van der Waals surface area contributed by atoms with Crippen LogP contribution in [-0.4, -0.2) is 0 Å². The Balaban J connectivity index is 0.562. The van der Waals surface area contributed by atoms with E-state index < -0.39 is 0 Å². The number of para-hydroxylation sites is 8.